The van der Waals surface area contributed by atoms with E-state index in [4.69, 9.17) is 16.3 Å². The average Bonchev–Trinajstić information content (AvgIpc) is 2.74. The number of ether oxygens (including phenoxy) is 1. The van der Waals surface area contributed by atoms with Crippen molar-refractivity contribution in [1.29, 1.82) is 0 Å². The van der Waals surface area contributed by atoms with E-state index >= 15 is 0 Å². The molecular formula is C22H23ClFN3O2. The highest BCUT2D eigenvalue weighted by Gasteiger charge is 2.25. The minimum Gasteiger partial charge on any atom is -0.481 e. The number of anilines is 1. The van der Waals surface area contributed by atoms with Crippen LogP contribution >= 0.6 is 11.6 Å². The summed E-state index contributed by atoms with van der Waals surface area (Å²) in [6.45, 7) is 4.42. The number of benzene rings is 2. The molecule has 3 rings (SSSR count). The molecule has 152 valence electrons. The van der Waals surface area contributed by atoms with Crippen molar-refractivity contribution in [3.63, 3.8) is 0 Å². The molecule has 0 aliphatic carbocycles. The van der Waals surface area contributed by atoms with Gasteiger partial charge in [-0.2, -0.15) is 0 Å². The van der Waals surface area contributed by atoms with Gasteiger partial charge in [-0.1, -0.05) is 36.7 Å². The molecule has 2 aromatic carbocycles. The number of aromatic nitrogens is 1. The van der Waals surface area contributed by atoms with Gasteiger partial charge in [0.1, 0.15) is 5.82 Å². The Kier molecular flexibility index (Phi) is 6.54. The molecule has 0 saturated heterocycles. The lowest BCUT2D eigenvalue weighted by Crippen LogP contribution is -2.38. The first-order valence-corrected chi connectivity index (χ1v) is 9.82. The zero-order valence-electron chi connectivity index (χ0n) is 16.6. The van der Waals surface area contributed by atoms with E-state index in [1.54, 1.807) is 18.2 Å². The Labute approximate surface area is 174 Å². The van der Waals surface area contributed by atoms with Crippen LogP contribution in [0.15, 0.2) is 48.7 Å². The van der Waals surface area contributed by atoms with Gasteiger partial charge in [-0.05, 0) is 43.0 Å². The van der Waals surface area contributed by atoms with E-state index in [2.05, 4.69) is 10.3 Å². The van der Waals surface area contributed by atoms with Crippen molar-refractivity contribution in [2.45, 2.75) is 26.3 Å². The first-order valence-electron chi connectivity index (χ1n) is 9.44. The predicted molar refractivity (Wildman–Crippen MR) is 114 cm³/mol. The van der Waals surface area contributed by atoms with Gasteiger partial charge in [-0.3, -0.25) is 0 Å². The maximum Gasteiger partial charge on any atom is 0.322 e. The van der Waals surface area contributed by atoms with Gasteiger partial charge in [0, 0.05) is 29.4 Å². The van der Waals surface area contributed by atoms with Gasteiger partial charge < -0.3 is 15.0 Å². The Morgan fingerprint density at radius 1 is 1.24 bits per heavy atom. The number of pyridine rings is 1. The minimum absolute atomic E-state index is 0.0387. The van der Waals surface area contributed by atoms with Crippen LogP contribution in [0, 0.1) is 5.82 Å². The number of hydrogen-bond donors (Lipinski definition) is 1. The van der Waals surface area contributed by atoms with Gasteiger partial charge in [-0.15, -0.1) is 0 Å². The number of methoxy groups -OCH3 is 1. The molecule has 1 atom stereocenters. The Morgan fingerprint density at radius 3 is 2.59 bits per heavy atom. The zero-order valence-corrected chi connectivity index (χ0v) is 17.3. The van der Waals surface area contributed by atoms with Crippen molar-refractivity contribution in [3.8, 4) is 5.88 Å². The van der Waals surface area contributed by atoms with Crippen LogP contribution in [-0.2, 0) is 0 Å². The molecule has 29 heavy (non-hydrogen) atoms. The normalized spacial score (nSPS) is 11.9. The van der Waals surface area contributed by atoms with Crippen LogP contribution in [0.25, 0.3) is 10.8 Å². The second-order valence-corrected chi connectivity index (χ2v) is 6.94. The molecule has 1 N–H and O–H groups in total. The second kappa shape index (κ2) is 9.09. The Balaban J connectivity index is 1.96. The first kappa shape index (κ1) is 20.9. The van der Waals surface area contributed by atoms with E-state index in [-0.39, 0.29) is 17.1 Å². The number of amides is 2. The minimum atomic E-state index is -0.528. The van der Waals surface area contributed by atoms with E-state index in [0.29, 0.717) is 24.5 Å². The van der Waals surface area contributed by atoms with Crippen LogP contribution in [-0.4, -0.2) is 29.6 Å². The summed E-state index contributed by atoms with van der Waals surface area (Å²) in [5, 5.41) is 4.65. The molecule has 0 saturated carbocycles. The van der Waals surface area contributed by atoms with E-state index in [1.165, 1.54) is 18.2 Å². The van der Waals surface area contributed by atoms with Gasteiger partial charge in [0.25, 0.3) is 0 Å². The average molecular weight is 416 g/mol. The standard InChI is InChI=1S/C22H23ClFN3O2/c1-4-20(17-13-25-21(29-3)16-9-7-6-8-15(16)17)27(5-2)22(28)26-14-10-11-19(24)18(23)12-14/h6-13,20H,4-5H2,1-3H3,(H,26,28)/t20-/m0/s1. The number of hydrogen-bond acceptors (Lipinski definition) is 3. The van der Waals surface area contributed by atoms with Crippen LogP contribution in [0.2, 0.25) is 5.02 Å². The number of urea groups is 1. The lowest BCUT2D eigenvalue weighted by Gasteiger charge is -2.31. The van der Waals surface area contributed by atoms with Gasteiger partial charge >= 0.3 is 6.03 Å². The maximum absolute atomic E-state index is 13.4. The molecule has 0 aliphatic heterocycles. The molecule has 1 aromatic heterocycles. The molecule has 2 amide bonds. The van der Waals surface area contributed by atoms with Gasteiger partial charge in [0.15, 0.2) is 0 Å². The number of halogens is 2. The largest absolute Gasteiger partial charge is 0.481 e. The SMILES string of the molecule is CC[C@@H](c1cnc(OC)c2ccccc12)N(CC)C(=O)Nc1ccc(F)c(Cl)c1. The third kappa shape index (κ3) is 4.27. The first-order chi connectivity index (χ1) is 14.0. The summed E-state index contributed by atoms with van der Waals surface area (Å²) in [6.07, 6.45) is 2.46. The summed E-state index contributed by atoms with van der Waals surface area (Å²) in [4.78, 5) is 19.2. The Bertz CT molecular complexity index is 1030. The third-order valence-electron chi connectivity index (χ3n) is 4.88. The summed E-state index contributed by atoms with van der Waals surface area (Å²) in [6, 6.07) is 11.5. The molecule has 1 heterocycles. The number of carbonyl (C=O) groups is 1. The number of fused-ring (bicyclic) bond motifs is 1. The molecule has 0 unspecified atom stereocenters. The Morgan fingerprint density at radius 2 is 1.97 bits per heavy atom. The quantitative estimate of drug-likeness (QED) is 0.533. The lowest BCUT2D eigenvalue weighted by atomic mass is 9.98. The monoisotopic (exact) mass is 415 g/mol. The number of nitrogens with zero attached hydrogens (tertiary/aromatic N) is 2. The molecule has 3 aromatic rings. The summed E-state index contributed by atoms with van der Waals surface area (Å²) in [5.41, 5.74) is 1.38. The maximum atomic E-state index is 13.4. The number of nitrogens with one attached hydrogen (secondary N) is 1. The van der Waals surface area contributed by atoms with E-state index < -0.39 is 5.82 Å². The second-order valence-electron chi connectivity index (χ2n) is 6.54. The highest BCUT2D eigenvalue weighted by molar-refractivity contribution is 6.31. The molecule has 0 fully saturated rings. The predicted octanol–water partition coefficient (Wildman–Crippen LogP) is 6.04. The zero-order chi connectivity index (χ0) is 21.0. The number of carbonyl (C=O) groups excluding carboxylic acids is 1. The highest BCUT2D eigenvalue weighted by Crippen LogP contribution is 2.34. The summed E-state index contributed by atoms with van der Waals surface area (Å²) < 4.78 is 18.8. The lowest BCUT2D eigenvalue weighted by molar-refractivity contribution is 0.190. The van der Waals surface area contributed by atoms with Gasteiger partial charge in [-0.25, -0.2) is 14.2 Å². The summed E-state index contributed by atoms with van der Waals surface area (Å²) in [5.74, 6) is 0.0203. The molecule has 0 radical (unpaired) electrons. The molecule has 0 bridgehead atoms. The summed E-state index contributed by atoms with van der Waals surface area (Å²) in [7, 11) is 1.59. The number of rotatable bonds is 6. The fraction of sp³-hybridized carbons (Fsp3) is 0.273. The molecule has 7 heteroatoms. The van der Waals surface area contributed by atoms with Crippen molar-refractivity contribution >= 4 is 34.1 Å². The van der Waals surface area contributed by atoms with Crippen molar-refractivity contribution in [3.05, 3.63) is 65.1 Å². The molecule has 5 nitrogen and oxygen atoms in total. The molecular weight excluding hydrogens is 393 g/mol. The van der Waals surface area contributed by atoms with Crippen molar-refractivity contribution < 1.29 is 13.9 Å². The third-order valence-corrected chi connectivity index (χ3v) is 5.17. The van der Waals surface area contributed by atoms with Crippen LogP contribution < -0.4 is 10.1 Å². The van der Waals surface area contributed by atoms with Crippen molar-refractivity contribution in [2.24, 2.45) is 0 Å². The van der Waals surface area contributed by atoms with Crippen LogP contribution in [0.5, 0.6) is 5.88 Å². The summed E-state index contributed by atoms with van der Waals surface area (Å²) >= 11 is 5.83. The fourth-order valence-corrected chi connectivity index (χ4v) is 3.68. The van der Waals surface area contributed by atoms with E-state index in [1.807, 2.05) is 38.1 Å². The topological polar surface area (TPSA) is 54.5 Å². The van der Waals surface area contributed by atoms with Crippen LogP contribution in [0.1, 0.15) is 31.9 Å². The van der Waals surface area contributed by atoms with E-state index in [9.17, 15) is 9.18 Å². The molecule has 0 spiro atoms. The van der Waals surface area contributed by atoms with E-state index in [0.717, 1.165) is 16.3 Å². The Hall–Kier alpha value is -2.86. The smallest absolute Gasteiger partial charge is 0.322 e. The van der Waals surface area contributed by atoms with Crippen molar-refractivity contribution in [1.82, 2.24) is 9.88 Å². The fourth-order valence-electron chi connectivity index (χ4n) is 3.50. The van der Waals surface area contributed by atoms with Crippen molar-refractivity contribution in [2.75, 3.05) is 19.0 Å². The highest BCUT2D eigenvalue weighted by atomic mass is 35.5. The van der Waals surface area contributed by atoms with Gasteiger partial charge in [0.05, 0.1) is 18.2 Å². The van der Waals surface area contributed by atoms with Gasteiger partial charge in [0.2, 0.25) is 5.88 Å². The van der Waals surface area contributed by atoms with Crippen LogP contribution in [0.4, 0.5) is 14.9 Å². The molecule has 0 aliphatic rings. The van der Waals surface area contributed by atoms with Crippen LogP contribution in [0.3, 0.4) is 0 Å².